The molecule has 15 aromatic rings. The van der Waals surface area contributed by atoms with Crippen LogP contribution in [0.1, 0.15) is 141 Å². The van der Waals surface area contributed by atoms with E-state index >= 15 is 0 Å². The lowest BCUT2D eigenvalue weighted by molar-refractivity contribution is 0.00976. The number of phenols is 7. The lowest BCUT2D eigenvalue weighted by Gasteiger charge is -2.42. The van der Waals surface area contributed by atoms with Gasteiger partial charge in [0.2, 0.25) is 0 Å². The minimum Gasteiger partial charge on any atom is -0.508 e. The summed E-state index contributed by atoms with van der Waals surface area (Å²) >= 11 is 0. The van der Waals surface area contributed by atoms with Gasteiger partial charge in [-0.2, -0.15) is 0 Å². The molecule has 0 aliphatic carbocycles. The van der Waals surface area contributed by atoms with Crippen molar-refractivity contribution in [3.05, 3.63) is 409 Å². The van der Waals surface area contributed by atoms with Crippen molar-refractivity contribution in [1.82, 2.24) is 0 Å². The molecular weight excluding hydrogens is 1850 g/mol. The van der Waals surface area contributed by atoms with Crippen LogP contribution in [0.4, 0.5) is 0 Å². The van der Waals surface area contributed by atoms with E-state index in [0.29, 0.717) is 141 Å². The Bertz CT molecular complexity index is 6730. The Kier molecular flexibility index (Phi) is 29.9. The second-order valence-electron chi connectivity index (χ2n) is 36.1. The average Bonchev–Trinajstić information content (AvgIpc) is 0.737. The van der Waals surface area contributed by atoms with Gasteiger partial charge in [-0.25, -0.2) is 0 Å². The molecule has 10 atom stereocenters. The Morgan fingerprint density at radius 2 is 0.372 bits per heavy atom. The Morgan fingerprint density at radius 1 is 0.200 bits per heavy atom. The van der Waals surface area contributed by atoms with E-state index in [-0.39, 0.29) is 85.1 Å². The monoisotopic (exact) mass is 1960 g/mol. The number of aromatic hydroxyl groups is 7. The van der Waals surface area contributed by atoms with E-state index in [1.807, 2.05) is 188 Å². The number of hydrogen-bond donors (Lipinski definition) is 12. The summed E-state index contributed by atoms with van der Waals surface area (Å²) in [5, 5.41) is 131. The number of fused-ring (bicyclic) bond motifs is 5. The minimum absolute atomic E-state index is 0.124. The largest absolute Gasteiger partial charge is 0.508 e. The van der Waals surface area contributed by atoms with E-state index in [0.717, 1.165) is 50.4 Å². The first-order chi connectivity index (χ1) is 69.8. The fourth-order valence-electron chi connectivity index (χ4n) is 20.1. The molecule has 5 aliphatic heterocycles. The van der Waals surface area contributed by atoms with Gasteiger partial charge in [0.15, 0.2) is 11.5 Å². The van der Waals surface area contributed by atoms with Crippen molar-refractivity contribution in [3.8, 4) is 121 Å². The van der Waals surface area contributed by atoms with E-state index in [9.17, 15) is 61.3 Å². The normalized spacial score (nSPS) is 20.5. The fourth-order valence-corrected chi connectivity index (χ4v) is 20.1. The van der Waals surface area contributed by atoms with Crippen molar-refractivity contribution >= 4 is 0 Å². The molecule has 26 nitrogen and oxygen atoms in total. The van der Waals surface area contributed by atoms with Crippen LogP contribution in [0.5, 0.6) is 121 Å². The molecular formula is C119H118O26. The van der Waals surface area contributed by atoms with Gasteiger partial charge in [-0.3, -0.25) is 0 Å². The van der Waals surface area contributed by atoms with Gasteiger partial charge in [0.1, 0.15) is 137 Å². The number of hydrogen-bond acceptors (Lipinski definition) is 26. The highest BCUT2D eigenvalue weighted by atomic mass is 16.5. The minimum atomic E-state index is -1.40. The van der Waals surface area contributed by atoms with Crippen LogP contribution in [-0.4, -0.2) is 158 Å². The van der Waals surface area contributed by atoms with Gasteiger partial charge in [-0.15, -0.1) is 0 Å². The molecule has 750 valence electrons. The molecule has 145 heavy (non-hydrogen) atoms. The van der Waals surface area contributed by atoms with Gasteiger partial charge in [0.05, 0.1) is 127 Å². The van der Waals surface area contributed by atoms with Crippen molar-refractivity contribution in [2.45, 2.75) is 92.2 Å². The quantitative estimate of drug-likeness (QED) is 0.0358. The lowest BCUT2D eigenvalue weighted by atomic mass is 9.71. The van der Waals surface area contributed by atoms with E-state index < -0.39 is 45.8 Å². The Labute approximate surface area is 841 Å². The third-order valence-electron chi connectivity index (χ3n) is 28.5. The molecule has 26 heteroatoms. The number of phenolic OH excluding ortho intramolecular Hbond substituents is 7. The maximum Gasteiger partial charge on any atom is 0.161 e. The summed E-state index contributed by atoms with van der Waals surface area (Å²) in [5.74, 6) is 7.77. The number of ether oxygens (including phenoxy) is 14. The highest BCUT2D eigenvalue weighted by molar-refractivity contribution is 5.65. The van der Waals surface area contributed by atoms with Gasteiger partial charge in [0, 0.05) is 55.6 Å². The zero-order chi connectivity index (χ0) is 103. The van der Waals surface area contributed by atoms with Crippen LogP contribution in [0, 0.1) is 34.6 Å². The van der Waals surface area contributed by atoms with Crippen molar-refractivity contribution in [2.24, 2.45) is 0 Å². The summed E-state index contributed by atoms with van der Waals surface area (Å²) in [6, 6.07) is 87.7. The molecule has 0 saturated heterocycles. The molecule has 15 aromatic carbocycles. The maximum atomic E-state index is 12.3. The highest BCUT2D eigenvalue weighted by Gasteiger charge is 2.53. The summed E-state index contributed by atoms with van der Waals surface area (Å²) in [6.07, 6.45) is 0. The van der Waals surface area contributed by atoms with Crippen LogP contribution >= 0.6 is 0 Å². The summed E-state index contributed by atoms with van der Waals surface area (Å²) in [7, 11) is 14.4. The van der Waals surface area contributed by atoms with E-state index in [1.165, 1.54) is 0 Å². The Hall–Kier alpha value is -16.1. The third kappa shape index (κ3) is 19.2. The Morgan fingerprint density at radius 3 is 0.559 bits per heavy atom. The molecule has 0 fully saturated rings. The van der Waals surface area contributed by atoms with E-state index in [1.54, 1.807) is 208 Å². The van der Waals surface area contributed by atoms with Gasteiger partial charge in [-0.1, -0.05) is 115 Å². The third-order valence-corrected chi connectivity index (χ3v) is 28.5. The van der Waals surface area contributed by atoms with Crippen molar-refractivity contribution in [2.75, 3.05) is 97.0 Å². The molecule has 0 aromatic heterocycles. The summed E-state index contributed by atoms with van der Waals surface area (Å²) in [5.41, 5.74) is 7.13. The van der Waals surface area contributed by atoms with Crippen molar-refractivity contribution in [1.29, 1.82) is 0 Å². The maximum absolute atomic E-state index is 12.3. The van der Waals surface area contributed by atoms with E-state index in [4.69, 9.17) is 66.3 Å². The number of aliphatic hydroxyl groups is 5. The average molecular weight is 1960 g/mol. The predicted molar refractivity (Wildman–Crippen MR) is 547 cm³/mol. The second-order valence-corrected chi connectivity index (χ2v) is 36.1. The predicted octanol–water partition coefficient (Wildman–Crippen LogP) is 20.1. The molecule has 5 aliphatic rings. The van der Waals surface area contributed by atoms with Crippen LogP contribution < -0.4 is 66.3 Å². The Balaban J connectivity index is 0.000000130. The van der Waals surface area contributed by atoms with E-state index in [2.05, 4.69) is 0 Å². The van der Waals surface area contributed by atoms with Gasteiger partial charge in [0.25, 0.3) is 0 Å². The number of methoxy groups -OCH3 is 9. The first-order valence-electron chi connectivity index (χ1n) is 47.0. The SMILES string of the molecule is COc1ccc(C2(O)c3ccc(O)c(C)c3OCC2c2ccc(O)cc2)cc1.COc1ccc(C2(O)c3ccc(O)c(C)c3OCC2c2ccc(O)cc2)cc1.COc1ccc(C2(O)c3ccc(O)c(C)c3OCC2c2ccc(OC)c(OC)c2)cc1.COc1ccc(C2COc3c(ccc(O)c3C)C2(O)c2ccc(OC)cc2)cc1.COc1ccc(C2COc3c(ccc(O)c3C)C2(O)c2ccc(OC)cc2)cc1. The molecule has 0 radical (unpaired) electrons. The molecule has 12 N–H and O–H groups in total. The van der Waals surface area contributed by atoms with Crippen molar-refractivity contribution < 1.29 is 128 Å². The van der Waals surface area contributed by atoms with Crippen LogP contribution in [0.3, 0.4) is 0 Å². The molecule has 5 heterocycles. The zero-order valence-electron chi connectivity index (χ0n) is 82.8. The summed E-state index contributed by atoms with van der Waals surface area (Å²) in [6.45, 7) is 10.1. The molecule has 0 bridgehead atoms. The van der Waals surface area contributed by atoms with Crippen LogP contribution in [0.15, 0.2) is 297 Å². The number of rotatable bonds is 19. The molecule has 10 unspecified atom stereocenters. The molecule has 0 amide bonds. The van der Waals surface area contributed by atoms with Crippen LogP contribution in [0.25, 0.3) is 0 Å². The van der Waals surface area contributed by atoms with Gasteiger partial charge in [-0.05, 0) is 272 Å². The fraction of sp³-hybridized carbons (Fsp3) is 0.244. The second kappa shape index (κ2) is 42.6. The summed E-state index contributed by atoms with van der Waals surface area (Å²) in [4.78, 5) is 0. The first-order valence-corrected chi connectivity index (χ1v) is 47.0. The van der Waals surface area contributed by atoms with Crippen molar-refractivity contribution in [3.63, 3.8) is 0 Å². The summed E-state index contributed by atoms with van der Waals surface area (Å²) < 4.78 is 77.9. The molecule has 0 saturated carbocycles. The lowest BCUT2D eigenvalue weighted by Crippen LogP contribution is -2.42. The smallest absolute Gasteiger partial charge is 0.161 e. The van der Waals surface area contributed by atoms with Crippen LogP contribution in [0.2, 0.25) is 0 Å². The van der Waals surface area contributed by atoms with Gasteiger partial charge >= 0.3 is 0 Å². The molecule has 20 rings (SSSR count). The van der Waals surface area contributed by atoms with Gasteiger partial charge < -0.3 is 128 Å². The topological polar surface area (TPSA) is 372 Å². The highest BCUT2D eigenvalue weighted by Crippen LogP contribution is 2.59. The standard InChI is InChI=1S/C25H26O6.2C24H24O5.2C23H22O5/c1-15-21(26)11-10-19-24(15)31-14-20(16-5-12-22(29-3)23(13-16)30-4)25(19,27)17-6-8-18(28-2)9-7-17;2*1-15-22(25)13-12-20-23(15)29-14-21(16-4-8-18(27-2)9-5-16)24(20,26)17-6-10-19(28-3)11-7-17;2*1-14-21(25)12-11-19-22(14)28-13-20(15-3-7-17(24)8-4-15)23(19,26)16-5-9-18(27-2)10-6-16/h5-13,20,26-27H,14H2,1-4H3;2*4-13,21,25-26H,14H2,1-3H3;2*3-12,20,24-26H,13H2,1-2H3. The molecule has 0 spiro atoms. The van der Waals surface area contributed by atoms with Crippen LogP contribution in [-0.2, 0) is 28.0 Å². The zero-order valence-corrected chi connectivity index (χ0v) is 82.8. The number of benzene rings is 15. The first kappa shape index (κ1) is 102.